The first-order valence-electron chi connectivity index (χ1n) is 11.0. The van der Waals surface area contributed by atoms with Gasteiger partial charge in [0.1, 0.15) is 5.69 Å². The van der Waals surface area contributed by atoms with E-state index in [1.807, 2.05) is 0 Å². The zero-order chi connectivity index (χ0) is 19.2. The lowest BCUT2D eigenvalue weighted by Gasteiger charge is -2.06. The first kappa shape index (κ1) is 21.6. The Labute approximate surface area is 165 Å². The third-order valence-electron chi connectivity index (χ3n) is 5.20. The largest absolute Gasteiger partial charge is 0.316 e. The van der Waals surface area contributed by atoms with E-state index in [1.165, 1.54) is 69.8 Å². The van der Waals surface area contributed by atoms with Gasteiger partial charge in [-0.1, -0.05) is 99.8 Å². The number of aryl methyl sites for hydroxylation is 1. The molecule has 0 fully saturated rings. The van der Waals surface area contributed by atoms with Crippen molar-refractivity contribution in [2.24, 2.45) is 0 Å². The van der Waals surface area contributed by atoms with Crippen LogP contribution in [0, 0.1) is 6.92 Å². The van der Waals surface area contributed by atoms with Crippen LogP contribution in [-0.2, 0) is 6.42 Å². The van der Waals surface area contributed by atoms with Crippen molar-refractivity contribution in [1.82, 2.24) is 20.7 Å². The fraction of sp³-hybridized carbons (Fsp3) is 0.652. The summed E-state index contributed by atoms with van der Waals surface area (Å²) in [5.74, 6) is 0. The van der Waals surface area contributed by atoms with Crippen molar-refractivity contribution >= 4 is 0 Å². The van der Waals surface area contributed by atoms with Gasteiger partial charge in [0.25, 0.3) is 0 Å². The topological polar surface area (TPSA) is 53.6 Å². The molecule has 2 aromatic rings. The summed E-state index contributed by atoms with van der Waals surface area (Å²) >= 11 is 0. The molecule has 0 saturated heterocycles. The Morgan fingerprint density at radius 1 is 0.815 bits per heavy atom. The van der Waals surface area contributed by atoms with Crippen molar-refractivity contribution in [2.45, 2.75) is 84.5 Å². The van der Waals surface area contributed by atoms with Gasteiger partial charge in [-0.15, -0.1) is 5.10 Å². The van der Waals surface area contributed by atoms with Gasteiger partial charge in [-0.25, -0.2) is 0 Å². The Morgan fingerprint density at radius 3 is 2.11 bits per heavy atom. The quantitative estimate of drug-likeness (QED) is 0.388. The summed E-state index contributed by atoms with van der Waals surface area (Å²) in [7, 11) is 0. The van der Waals surface area contributed by atoms with Crippen LogP contribution in [0.15, 0.2) is 24.3 Å². The monoisotopic (exact) mass is 370 g/mol. The van der Waals surface area contributed by atoms with Crippen molar-refractivity contribution < 1.29 is 0 Å². The smallest absolute Gasteiger partial charge is 0.116 e. The molecule has 1 aromatic heterocycles. The molecule has 2 N–H and O–H groups in total. The first-order valence-corrected chi connectivity index (χ1v) is 11.0. The molecule has 4 nitrogen and oxygen atoms in total. The number of aromatic nitrogens is 3. The Kier molecular flexibility index (Phi) is 10.8. The average molecular weight is 371 g/mol. The fourth-order valence-electron chi connectivity index (χ4n) is 3.44. The zero-order valence-corrected chi connectivity index (χ0v) is 17.4. The summed E-state index contributed by atoms with van der Waals surface area (Å²) in [4.78, 5) is 0. The molecular weight excluding hydrogens is 332 g/mol. The van der Waals surface area contributed by atoms with E-state index in [0.29, 0.717) is 0 Å². The maximum Gasteiger partial charge on any atom is 0.116 e. The molecule has 0 amide bonds. The Hall–Kier alpha value is -1.68. The summed E-state index contributed by atoms with van der Waals surface area (Å²) in [6.45, 7) is 6.46. The van der Waals surface area contributed by atoms with Crippen molar-refractivity contribution in [3.63, 3.8) is 0 Å². The predicted molar refractivity (Wildman–Crippen MR) is 115 cm³/mol. The van der Waals surface area contributed by atoms with Crippen molar-refractivity contribution in [1.29, 1.82) is 0 Å². The van der Waals surface area contributed by atoms with Crippen LogP contribution in [0.25, 0.3) is 11.3 Å². The van der Waals surface area contributed by atoms with E-state index >= 15 is 0 Å². The zero-order valence-electron chi connectivity index (χ0n) is 17.4. The normalized spacial score (nSPS) is 11.2. The van der Waals surface area contributed by atoms with Gasteiger partial charge in [-0.05, 0) is 19.9 Å². The second kappa shape index (κ2) is 13.5. The van der Waals surface area contributed by atoms with Crippen LogP contribution >= 0.6 is 0 Å². The lowest BCUT2D eigenvalue weighted by atomic mass is 10.1. The molecule has 0 saturated carbocycles. The van der Waals surface area contributed by atoms with Crippen LogP contribution in [0.1, 0.15) is 82.4 Å². The van der Waals surface area contributed by atoms with E-state index in [0.717, 1.165) is 36.5 Å². The second-order valence-electron chi connectivity index (χ2n) is 7.69. The molecule has 0 bridgehead atoms. The van der Waals surface area contributed by atoms with Crippen molar-refractivity contribution in [3.05, 3.63) is 35.5 Å². The Bertz CT molecular complexity index is 603. The van der Waals surface area contributed by atoms with Crippen LogP contribution in [0.4, 0.5) is 0 Å². The van der Waals surface area contributed by atoms with E-state index in [-0.39, 0.29) is 0 Å². The maximum atomic E-state index is 4.26. The predicted octanol–water partition coefficient (Wildman–Crippen LogP) is 5.83. The van der Waals surface area contributed by atoms with Crippen LogP contribution in [0.2, 0.25) is 0 Å². The minimum atomic E-state index is 0.938. The molecule has 0 unspecified atom stereocenters. The molecule has 27 heavy (non-hydrogen) atoms. The summed E-state index contributed by atoms with van der Waals surface area (Å²) in [5, 5.41) is 14.9. The first-order chi connectivity index (χ1) is 13.3. The van der Waals surface area contributed by atoms with E-state index in [9.17, 15) is 0 Å². The maximum absolute atomic E-state index is 4.26. The molecule has 0 atom stereocenters. The molecule has 1 heterocycles. The summed E-state index contributed by atoms with van der Waals surface area (Å²) < 4.78 is 0. The Morgan fingerprint density at radius 2 is 1.44 bits per heavy atom. The molecule has 0 aliphatic carbocycles. The number of aromatic amines is 1. The highest BCUT2D eigenvalue weighted by Gasteiger charge is 2.09. The summed E-state index contributed by atoms with van der Waals surface area (Å²) in [5.41, 5.74) is 4.51. The lowest BCUT2D eigenvalue weighted by molar-refractivity contribution is 0.543. The molecule has 0 radical (unpaired) electrons. The van der Waals surface area contributed by atoms with Gasteiger partial charge in [0.05, 0.1) is 5.69 Å². The number of hydrogen-bond acceptors (Lipinski definition) is 3. The van der Waals surface area contributed by atoms with E-state index in [4.69, 9.17) is 0 Å². The summed E-state index contributed by atoms with van der Waals surface area (Å²) in [6.07, 6.45) is 14.8. The third kappa shape index (κ3) is 8.70. The molecule has 2 rings (SSSR count). The van der Waals surface area contributed by atoms with Gasteiger partial charge in [0.2, 0.25) is 0 Å². The molecule has 1 aromatic carbocycles. The van der Waals surface area contributed by atoms with Gasteiger partial charge in [0, 0.05) is 18.5 Å². The van der Waals surface area contributed by atoms with Gasteiger partial charge in [-0.3, -0.25) is 5.10 Å². The van der Waals surface area contributed by atoms with Crippen molar-refractivity contribution in [3.8, 4) is 11.3 Å². The number of H-pyrrole nitrogens is 1. The van der Waals surface area contributed by atoms with Crippen LogP contribution in [0.3, 0.4) is 0 Å². The second-order valence-corrected chi connectivity index (χ2v) is 7.69. The molecule has 4 heteroatoms. The highest BCUT2D eigenvalue weighted by atomic mass is 15.3. The number of nitrogens with zero attached hydrogens (tertiary/aromatic N) is 2. The van der Waals surface area contributed by atoms with Gasteiger partial charge < -0.3 is 5.32 Å². The van der Waals surface area contributed by atoms with Gasteiger partial charge in [-0.2, -0.15) is 0 Å². The summed E-state index contributed by atoms with van der Waals surface area (Å²) in [6, 6.07) is 8.48. The lowest BCUT2D eigenvalue weighted by Crippen LogP contribution is -2.18. The highest BCUT2D eigenvalue weighted by molar-refractivity contribution is 5.61. The molecule has 150 valence electrons. The fourth-order valence-corrected chi connectivity index (χ4v) is 3.44. The van der Waals surface area contributed by atoms with E-state index < -0.39 is 0 Å². The van der Waals surface area contributed by atoms with Crippen LogP contribution < -0.4 is 5.32 Å². The highest BCUT2D eigenvalue weighted by Crippen LogP contribution is 2.20. The van der Waals surface area contributed by atoms with Crippen molar-refractivity contribution in [2.75, 3.05) is 13.1 Å². The van der Waals surface area contributed by atoms with E-state index in [1.54, 1.807) is 0 Å². The molecular formula is C23H38N4. The number of rotatable bonds is 15. The Balaban J connectivity index is 1.49. The van der Waals surface area contributed by atoms with Crippen LogP contribution in [0.5, 0.6) is 0 Å². The van der Waals surface area contributed by atoms with Crippen LogP contribution in [-0.4, -0.2) is 28.5 Å². The third-order valence-corrected chi connectivity index (χ3v) is 5.20. The molecule has 0 aliphatic rings. The number of nitrogens with one attached hydrogen (secondary N) is 2. The van der Waals surface area contributed by atoms with Gasteiger partial charge >= 0.3 is 0 Å². The standard InChI is InChI=1S/C23H38N4/c1-3-4-5-6-7-8-9-10-11-12-18-24-19-17-22-23(26-27-25-22)21-15-13-20(2)14-16-21/h13-16,24H,3-12,17-19H2,1-2H3,(H,25,26,27). The van der Waals surface area contributed by atoms with E-state index in [2.05, 4.69) is 58.8 Å². The number of hydrogen-bond donors (Lipinski definition) is 2. The average Bonchev–Trinajstić information content (AvgIpc) is 3.14. The van der Waals surface area contributed by atoms with Gasteiger partial charge in [0.15, 0.2) is 0 Å². The number of unbranched alkanes of at least 4 members (excludes halogenated alkanes) is 9. The molecule has 0 aliphatic heterocycles. The number of benzene rings is 1. The minimum absolute atomic E-state index is 0.938. The molecule has 0 spiro atoms. The SMILES string of the molecule is CCCCCCCCCCCCNCCc1[nH]nnc1-c1ccc(C)cc1. The minimum Gasteiger partial charge on any atom is -0.316 e.